The lowest BCUT2D eigenvalue weighted by Crippen LogP contribution is -2.47. The van der Waals surface area contributed by atoms with Crippen molar-refractivity contribution < 1.29 is 0 Å². The molecular formula is C25H30N6O. The standard InChI is InChI=1S/C25H30N6O/c1-29-24(32)16-22(21-8-10-26-11-9-21)28-25(29)31-15-12-27-23(18-31)20-6-4-19(5-7-20)17-30-13-2-3-14-30/h4-11,16,23,27H,2-3,12-15,17-18H2,1H3. The lowest BCUT2D eigenvalue weighted by atomic mass is 10.0. The Morgan fingerprint density at radius 1 is 1.03 bits per heavy atom. The average Bonchev–Trinajstić information content (AvgIpc) is 3.35. The molecular weight excluding hydrogens is 400 g/mol. The topological polar surface area (TPSA) is 66.3 Å². The molecule has 2 aliphatic rings. The molecule has 2 aromatic heterocycles. The van der Waals surface area contributed by atoms with E-state index in [9.17, 15) is 4.79 Å². The Morgan fingerprint density at radius 3 is 2.53 bits per heavy atom. The van der Waals surface area contributed by atoms with Crippen LogP contribution in [0.1, 0.15) is 30.0 Å². The lowest BCUT2D eigenvalue weighted by Gasteiger charge is -2.35. The van der Waals surface area contributed by atoms with E-state index in [2.05, 4.69) is 44.4 Å². The van der Waals surface area contributed by atoms with Gasteiger partial charge in [0.1, 0.15) is 0 Å². The monoisotopic (exact) mass is 430 g/mol. The number of piperazine rings is 1. The van der Waals surface area contributed by atoms with Crippen molar-refractivity contribution in [3.63, 3.8) is 0 Å². The van der Waals surface area contributed by atoms with Crippen molar-refractivity contribution in [3.8, 4) is 11.3 Å². The fourth-order valence-corrected chi connectivity index (χ4v) is 4.69. The number of rotatable bonds is 5. The minimum absolute atomic E-state index is 0.0526. The first-order chi connectivity index (χ1) is 15.7. The van der Waals surface area contributed by atoms with Crippen LogP contribution in [-0.2, 0) is 13.6 Å². The van der Waals surface area contributed by atoms with Gasteiger partial charge < -0.3 is 10.2 Å². The molecule has 1 N–H and O–H groups in total. The summed E-state index contributed by atoms with van der Waals surface area (Å²) in [5.74, 6) is 0.710. The number of benzene rings is 1. The third kappa shape index (κ3) is 4.45. The highest BCUT2D eigenvalue weighted by Gasteiger charge is 2.24. The predicted octanol–water partition coefficient (Wildman–Crippen LogP) is 2.59. The summed E-state index contributed by atoms with van der Waals surface area (Å²) in [6.07, 6.45) is 6.09. The van der Waals surface area contributed by atoms with Crippen LogP contribution in [0.4, 0.5) is 5.95 Å². The average molecular weight is 431 g/mol. The minimum Gasteiger partial charge on any atom is -0.339 e. The number of aromatic nitrogens is 3. The SMILES string of the molecule is Cn1c(N2CCNC(c3ccc(CN4CCCC4)cc3)C2)nc(-c2ccncc2)cc1=O. The zero-order valence-corrected chi connectivity index (χ0v) is 18.6. The maximum Gasteiger partial charge on any atom is 0.255 e. The van der Waals surface area contributed by atoms with E-state index in [1.807, 2.05) is 12.1 Å². The van der Waals surface area contributed by atoms with Gasteiger partial charge in [0, 0.05) is 63.3 Å². The van der Waals surface area contributed by atoms with Gasteiger partial charge in [-0.15, -0.1) is 0 Å². The summed E-state index contributed by atoms with van der Waals surface area (Å²) in [6.45, 7) is 5.89. The highest BCUT2D eigenvalue weighted by atomic mass is 16.1. The third-order valence-corrected chi connectivity index (χ3v) is 6.53. The molecule has 1 unspecified atom stereocenters. The summed E-state index contributed by atoms with van der Waals surface area (Å²) in [7, 11) is 1.80. The molecule has 166 valence electrons. The first-order valence-corrected chi connectivity index (χ1v) is 11.5. The fourth-order valence-electron chi connectivity index (χ4n) is 4.69. The molecule has 1 aromatic carbocycles. The van der Waals surface area contributed by atoms with Crippen LogP contribution in [0.25, 0.3) is 11.3 Å². The third-order valence-electron chi connectivity index (χ3n) is 6.53. The normalized spacial score (nSPS) is 19.4. The van der Waals surface area contributed by atoms with Gasteiger partial charge in [-0.3, -0.25) is 19.2 Å². The smallest absolute Gasteiger partial charge is 0.255 e. The largest absolute Gasteiger partial charge is 0.339 e. The molecule has 0 bridgehead atoms. The molecule has 0 radical (unpaired) electrons. The quantitative estimate of drug-likeness (QED) is 0.671. The van der Waals surface area contributed by atoms with E-state index in [1.54, 1.807) is 30.1 Å². The van der Waals surface area contributed by atoms with Gasteiger partial charge in [0.2, 0.25) is 5.95 Å². The first-order valence-electron chi connectivity index (χ1n) is 11.5. The van der Waals surface area contributed by atoms with Crippen molar-refractivity contribution in [2.75, 3.05) is 37.6 Å². The number of pyridine rings is 1. The highest BCUT2D eigenvalue weighted by Crippen LogP contribution is 2.24. The van der Waals surface area contributed by atoms with Crippen LogP contribution in [0, 0.1) is 0 Å². The fraction of sp³-hybridized carbons (Fsp3) is 0.400. The van der Waals surface area contributed by atoms with Gasteiger partial charge in [-0.05, 0) is 49.2 Å². The van der Waals surface area contributed by atoms with Crippen molar-refractivity contribution >= 4 is 5.95 Å². The van der Waals surface area contributed by atoms with E-state index in [1.165, 1.54) is 37.1 Å². The highest BCUT2D eigenvalue weighted by molar-refractivity contribution is 5.59. The summed E-state index contributed by atoms with van der Waals surface area (Å²) in [5, 5.41) is 3.63. The molecule has 7 nitrogen and oxygen atoms in total. The Hall–Kier alpha value is -3.03. The molecule has 4 heterocycles. The number of hydrogen-bond acceptors (Lipinski definition) is 6. The maximum absolute atomic E-state index is 12.7. The summed E-state index contributed by atoms with van der Waals surface area (Å²) in [6, 6.07) is 14.6. The van der Waals surface area contributed by atoms with E-state index in [0.29, 0.717) is 11.6 Å². The number of nitrogens with zero attached hydrogens (tertiary/aromatic N) is 5. The van der Waals surface area contributed by atoms with Crippen LogP contribution in [0.3, 0.4) is 0 Å². The molecule has 0 spiro atoms. The van der Waals surface area contributed by atoms with E-state index in [4.69, 9.17) is 4.98 Å². The van der Waals surface area contributed by atoms with Crippen LogP contribution in [0.2, 0.25) is 0 Å². The second kappa shape index (κ2) is 9.22. The van der Waals surface area contributed by atoms with E-state index in [0.717, 1.165) is 31.7 Å². The van der Waals surface area contributed by atoms with Crippen molar-refractivity contribution in [2.45, 2.75) is 25.4 Å². The van der Waals surface area contributed by atoms with Crippen LogP contribution >= 0.6 is 0 Å². The molecule has 0 saturated carbocycles. The molecule has 0 amide bonds. The summed E-state index contributed by atoms with van der Waals surface area (Å²) < 4.78 is 1.65. The Balaban J connectivity index is 1.35. The van der Waals surface area contributed by atoms with Crippen molar-refractivity contribution in [1.82, 2.24) is 24.8 Å². The minimum atomic E-state index is -0.0526. The van der Waals surface area contributed by atoms with E-state index < -0.39 is 0 Å². The van der Waals surface area contributed by atoms with Gasteiger partial charge in [-0.2, -0.15) is 0 Å². The molecule has 2 fully saturated rings. The summed E-state index contributed by atoms with van der Waals surface area (Å²) >= 11 is 0. The number of hydrogen-bond donors (Lipinski definition) is 1. The molecule has 2 aliphatic heterocycles. The van der Waals surface area contributed by atoms with E-state index in [-0.39, 0.29) is 11.6 Å². The maximum atomic E-state index is 12.7. The Morgan fingerprint density at radius 2 is 1.78 bits per heavy atom. The molecule has 1 atom stereocenters. The van der Waals surface area contributed by atoms with Crippen molar-refractivity contribution in [1.29, 1.82) is 0 Å². The number of anilines is 1. The molecule has 0 aliphatic carbocycles. The van der Waals surface area contributed by atoms with Crippen LogP contribution in [0.5, 0.6) is 0 Å². The van der Waals surface area contributed by atoms with E-state index >= 15 is 0 Å². The van der Waals surface area contributed by atoms with Crippen LogP contribution < -0.4 is 15.8 Å². The first kappa shape index (κ1) is 20.8. The van der Waals surface area contributed by atoms with Crippen molar-refractivity contribution in [3.05, 3.63) is 76.3 Å². The van der Waals surface area contributed by atoms with Gasteiger partial charge in [-0.25, -0.2) is 4.98 Å². The van der Waals surface area contributed by atoms with Gasteiger partial charge in [-0.1, -0.05) is 24.3 Å². The summed E-state index contributed by atoms with van der Waals surface area (Å²) in [5.41, 5.74) is 4.18. The van der Waals surface area contributed by atoms with Crippen LogP contribution in [0.15, 0.2) is 59.7 Å². The second-order valence-electron chi connectivity index (χ2n) is 8.75. The molecule has 7 heteroatoms. The predicted molar refractivity (Wildman–Crippen MR) is 127 cm³/mol. The number of likely N-dealkylation sites (tertiary alicyclic amines) is 1. The second-order valence-corrected chi connectivity index (χ2v) is 8.75. The molecule has 5 rings (SSSR count). The zero-order valence-electron chi connectivity index (χ0n) is 18.6. The van der Waals surface area contributed by atoms with Gasteiger partial charge in [0.25, 0.3) is 5.56 Å². The summed E-state index contributed by atoms with van der Waals surface area (Å²) in [4.78, 5) is 26.3. The molecule has 32 heavy (non-hydrogen) atoms. The number of nitrogens with one attached hydrogen (secondary N) is 1. The Labute approximate surface area is 188 Å². The Bertz CT molecular complexity index is 1110. The van der Waals surface area contributed by atoms with Gasteiger partial charge >= 0.3 is 0 Å². The Kier molecular flexibility index (Phi) is 6.01. The zero-order chi connectivity index (χ0) is 21.9. The van der Waals surface area contributed by atoms with Crippen LogP contribution in [-0.4, -0.2) is 52.2 Å². The lowest BCUT2D eigenvalue weighted by molar-refractivity contribution is 0.331. The molecule has 3 aromatic rings. The van der Waals surface area contributed by atoms with Crippen molar-refractivity contribution in [2.24, 2.45) is 7.05 Å². The van der Waals surface area contributed by atoms with Gasteiger partial charge in [0.05, 0.1) is 5.69 Å². The molecule has 2 saturated heterocycles. The van der Waals surface area contributed by atoms with Gasteiger partial charge in [0.15, 0.2) is 0 Å².